The molecule has 2 nitrogen and oxygen atoms in total. The first kappa shape index (κ1) is 14.9. The lowest BCUT2D eigenvalue weighted by Crippen LogP contribution is -2.39. The molecule has 0 heterocycles. The lowest BCUT2D eigenvalue weighted by Gasteiger charge is -2.28. The van der Waals surface area contributed by atoms with Crippen molar-refractivity contribution in [2.75, 3.05) is 6.54 Å². The van der Waals surface area contributed by atoms with E-state index in [2.05, 4.69) is 20.8 Å². The Labute approximate surface area is 127 Å². The second kappa shape index (κ2) is 6.77. The van der Waals surface area contributed by atoms with Crippen molar-refractivity contribution < 1.29 is 4.39 Å². The number of thiocarbonyl (C=S) groups is 1. The fraction of sp³-hybridized carbons (Fsp3) is 0.500. The minimum Gasteiger partial charge on any atom is -0.392 e. The summed E-state index contributed by atoms with van der Waals surface area (Å²) in [5.41, 5.74) is 6.37. The molecule has 0 atom stereocenters. The van der Waals surface area contributed by atoms with E-state index in [1.54, 1.807) is 0 Å². The summed E-state index contributed by atoms with van der Waals surface area (Å²) in [7, 11) is 0. The van der Waals surface area contributed by atoms with E-state index in [0.717, 1.165) is 17.3 Å². The highest BCUT2D eigenvalue weighted by Gasteiger charge is 2.23. The lowest BCUT2D eigenvalue weighted by molar-refractivity contribution is 0.216. The summed E-state index contributed by atoms with van der Waals surface area (Å²) >= 11 is 8.29. The van der Waals surface area contributed by atoms with Crippen molar-refractivity contribution in [3.05, 3.63) is 34.1 Å². The van der Waals surface area contributed by atoms with Gasteiger partial charge in [0.1, 0.15) is 5.82 Å². The number of hydrogen-bond donors (Lipinski definition) is 1. The average Bonchev–Trinajstić information content (AvgIpc) is 2.84. The molecule has 1 fully saturated rings. The fourth-order valence-corrected chi connectivity index (χ4v) is 3.15. The van der Waals surface area contributed by atoms with Crippen molar-refractivity contribution in [2.45, 2.75) is 38.3 Å². The van der Waals surface area contributed by atoms with Gasteiger partial charge in [0.15, 0.2) is 0 Å². The van der Waals surface area contributed by atoms with Gasteiger partial charge in [-0.2, -0.15) is 0 Å². The van der Waals surface area contributed by atoms with Gasteiger partial charge in [-0.1, -0.05) is 47.1 Å². The molecule has 0 spiro atoms. The molecule has 0 aliphatic heterocycles. The van der Waals surface area contributed by atoms with Gasteiger partial charge in [-0.05, 0) is 25.0 Å². The Hall–Kier alpha value is -0.520. The maximum atomic E-state index is 13.9. The molecule has 0 aromatic heterocycles. The number of nitrogens with zero attached hydrogens (tertiary/aromatic N) is 1. The lowest BCUT2D eigenvalue weighted by atomic mass is 10.1. The number of halogens is 2. The van der Waals surface area contributed by atoms with Crippen LogP contribution in [0.1, 0.15) is 31.2 Å². The van der Waals surface area contributed by atoms with Gasteiger partial charge < -0.3 is 5.73 Å². The summed E-state index contributed by atoms with van der Waals surface area (Å²) in [5.74, 6) is -0.180. The molecule has 1 aliphatic rings. The smallest absolute Gasteiger partial charge is 0.128 e. The molecule has 0 saturated heterocycles. The van der Waals surface area contributed by atoms with Gasteiger partial charge >= 0.3 is 0 Å². The quantitative estimate of drug-likeness (QED) is 0.827. The van der Waals surface area contributed by atoms with Crippen LogP contribution >= 0.6 is 28.1 Å². The van der Waals surface area contributed by atoms with Crippen molar-refractivity contribution in [1.29, 1.82) is 0 Å². The molecule has 2 N–H and O–H groups in total. The normalized spacial score (nSPS) is 16.2. The zero-order valence-corrected chi connectivity index (χ0v) is 13.1. The molecule has 5 heteroatoms. The van der Waals surface area contributed by atoms with Gasteiger partial charge in [0, 0.05) is 29.2 Å². The molecule has 0 bridgehead atoms. The molecule has 104 valence electrons. The van der Waals surface area contributed by atoms with E-state index in [1.807, 2.05) is 12.1 Å². The van der Waals surface area contributed by atoms with E-state index in [-0.39, 0.29) is 5.82 Å². The molecule has 19 heavy (non-hydrogen) atoms. The predicted molar refractivity (Wildman–Crippen MR) is 83.6 cm³/mol. The SMILES string of the molecule is NC(=S)CN(Cc1ccc(Br)cc1F)C1CCCC1. The molecule has 1 aliphatic carbocycles. The largest absolute Gasteiger partial charge is 0.392 e. The summed E-state index contributed by atoms with van der Waals surface area (Å²) in [5, 5.41) is 0. The third-order valence-corrected chi connectivity index (χ3v) is 4.21. The van der Waals surface area contributed by atoms with Crippen LogP contribution in [0.4, 0.5) is 4.39 Å². The van der Waals surface area contributed by atoms with Crippen molar-refractivity contribution in [3.8, 4) is 0 Å². The van der Waals surface area contributed by atoms with Crippen molar-refractivity contribution in [2.24, 2.45) is 5.73 Å². The average molecular weight is 345 g/mol. The van der Waals surface area contributed by atoms with Crippen molar-refractivity contribution >= 4 is 33.1 Å². The highest BCUT2D eigenvalue weighted by Crippen LogP contribution is 2.26. The molecule has 1 saturated carbocycles. The maximum absolute atomic E-state index is 13.9. The second-order valence-corrected chi connectivity index (χ2v) is 6.49. The Bertz CT molecular complexity index is 461. The Balaban J connectivity index is 2.12. The standard InChI is InChI=1S/C14H18BrFN2S/c15-11-6-5-10(13(16)7-11)8-18(9-14(17)19)12-3-1-2-4-12/h5-7,12H,1-4,8-9H2,(H2,17,19). The van der Waals surface area contributed by atoms with E-state index in [1.165, 1.54) is 18.9 Å². The monoisotopic (exact) mass is 344 g/mol. The van der Waals surface area contributed by atoms with Crippen LogP contribution in [0.2, 0.25) is 0 Å². The first-order valence-corrected chi connectivity index (χ1v) is 7.72. The Morgan fingerprint density at radius 2 is 2.11 bits per heavy atom. The molecule has 0 amide bonds. The third-order valence-electron chi connectivity index (χ3n) is 3.59. The predicted octanol–water partition coefficient (Wildman–Crippen LogP) is 3.62. The Kier molecular flexibility index (Phi) is 5.30. The minimum absolute atomic E-state index is 0.180. The highest BCUT2D eigenvalue weighted by atomic mass is 79.9. The first-order valence-electron chi connectivity index (χ1n) is 6.52. The van der Waals surface area contributed by atoms with E-state index in [4.69, 9.17) is 18.0 Å². The van der Waals surface area contributed by atoms with Gasteiger partial charge in [-0.25, -0.2) is 4.39 Å². The third kappa shape index (κ3) is 4.23. The molecule has 0 radical (unpaired) electrons. The summed E-state index contributed by atoms with van der Waals surface area (Å²) in [4.78, 5) is 2.69. The van der Waals surface area contributed by atoms with Crippen LogP contribution in [-0.4, -0.2) is 22.5 Å². The van der Waals surface area contributed by atoms with Crippen LogP contribution in [0.25, 0.3) is 0 Å². The number of nitrogens with two attached hydrogens (primary N) is 1. The topological polar surface area (TPSA) is 29.3 Å². The van der Waals surface area contributed by atoms with Crippen LogP contribution in [0, 0.1) is 5.82 Å². The molecule has 2 rings (SSSR count). The zero-order valence-electron chi connectivity index (χ0n) is 10.7. The van der Waals surface area contributed by atoms with Crippen LogP contribution < -0.4 is 5.73 Å². The van der Waals surface area contributed by atoms with Gasteiger partial charge in [-0.3, -0.25) is 4.90 Å². The maximum Gasteiger partial charge on any atom is 0.128 e. The summed E-state index contributed by atoms with van der Waals surface area (Å²) in [6, 6.07) is 5.67. The molecule has 0 unspecified atom stereocenters. The van der Waals surface area contributed by atoms with Gasteiger partial charge in [0.05, 0.1) is 4.99 Å². The van der Waals surface area contributed by atoms with E-state index in [9.17, 15) is 4.39 Å². The fourth-order valence-electron chi connectivity index (χ4n) is 2.65. The van der Waals surface area contributed by atoms with Crippen LogP contribution in [0.3, 0.4) is 0 Å². The van der Waals surface area contributed by atoms with Crippen LogP contribution in [0.15, 0.2) is 22.7 Å². The minimum atomic E-state index is -0.180. The van der Waals surface area contributed by atoms with Gasteiger partial charge in [0.2, 0.25) is 0 Å². The zero-order chi connectivity index (χ0) is 13.8. The molecular weight excluding hydrogens is 327 g/mol. The number of benzene rings is 1. The van der Waals surface area contributed by atoms with Crippen LogP contribution in [0.5, 0.6) is 0 Å². The molecule has 1 aromatic rings. The Morgan fingerprint density at radius 1 is 1.42 bits per heavy atom. The molecular formula is C14H18BrFN2S. The molecule has 1 aromatic carbocycles. The number of rotatable bonds is 5. The van der Waals surface area contributed by atoms with Crippen molar-refractivity contribution in [1.82, 2.24) is 4.90 Å². The summed E-state index contributed by atoms with van der Waals surface area (Å²) < 4.78 is 14.7. The van der Waals surface area contributed by atoms with E-state index in [0.29, 0.717) is 29.7 Å². The first-order chi connectivity index (χ1) is 9.06. The number of hydrogen-bond acceptors (Lipinski definition) is 2. The highest BCUT2D eigenvalue weighted by molar-refractivity contribution is 9.10. The van der Waals surface area contributed by atoms with Gasteiger partial charge in [-0.15, -0.1) is 0 Å². The van der Waals surface area contributed by atoms with Gasteiger partial charge in [0.25, 0.3) is 0 Å². The summed E-state index contributed by atoms with van der Waals surface area (Å²) in [6.45, 7) is 1.14. The summed E-state index contributed by atoms with van der Waals surface area (Å²) in [6.07, 6.45) is 4.78. The van der Waals surface area contributed by atoms with Crippen LogP contribution in [-0.2, 0) is 6.54 Å². The van der Waals surface area contributed by atoms with E-state index < -0.39 is 0 Å². The second-order valence-electron chi connectivity index (χ2n) is 5.05. The van der Waals surface area contributed by atoms with E-state index >= 15 is 0 Å². The Morgan fingerprint density at radius 3 is 2.68 bits per heavy atom. The van der Waals surface area contributed by atoms with Crippen molar-refractivity contribution in [3.63, 3.8) is 0 Å².